The van der Waals surface area contributed by atoms with E-state index in [4.69, 9.17) is 10.5 Å². The van der Waals surface area contributed by atoms with Crippen molar-refractivity contribution in [3.8, 4) is 5.75 Å². The molecule has 0 amide bonds. The summed E-state index contributed by atoms with van der Waals surface area (Å²) in [4.78, 5) is 0. The molecule has 0 aliphatic rings. The summed E-state index contributed by atoms with van der Waals surface area (Å²) >= 11 is 0. The monoisotopic (exact) mass is 233 g/mol. The second-order valence-electron chi connectivity index (χ2n) is 3.78. The summed E-state index contributed by atoms with van der Waals surface area (Å²) in [5.74, 6) is 1.22. The predicted octanol–water partition coefficient (Wildman–Crippen LogP) is 1.09. The molecule has 1 aromatic carbocycles. The molecule has 0 fully saturated rings. The molecule has 0 spiro atoms. The van der Waals surface area contributed by atoms with Crippen molar-refractivity contribution in [3.05, 3.63) is 41.6 Å². The molecule has 1 heterocycles. The third-order valence-corrected chi connectivity index (χ3v) is 2.74. The van der Waals surface area contributed by atoms with Crippen molar-refractivity contribution in [2.45, 2.75) is 6.10 Å². The molecule has 0 aliphatic carbocycles. The molecule has 5 nitrogen and oxygen atoms in total. The van der Waals surface area contributed by atoms with Crippen LogP contribution in [-0.4, -0.2) is 22.0 Å². The van der Waals surface area contributed by atoms with Gasteiger partial charge < -0.3 is 15.6 Å². The van der Waals surface area contributed by atoms with E-state index in [0.29, 0.717) is 11.4 Å². The van der Waals surface area contributed by atoms with Gasteiger partial charge in [-0.1, -0.05) is 12.1 Å². The van der Waals surface area contributed by atoms with Gasteiger partial charge in [0.1, 0.15) is 17.7 Å². The molecule has 2 rings (SSSR count). The van der Waals surface area contributed by atoms with E-state index in [-0.39, 0.29) is 0 Å². The van der Waals surface area contributed by atoms with Crippen LogP contribution in [0.15, 0.2) is 30.5 Å². The van der Waals surface area contributed by atoms with Crippen molar-refractivity contribution in [3.63, 3.8) is 0 Å². The first-order valence-electron chi connectivity index (χ1n) is 5.23. The van der Waals surface area contributed by atoms with Crippen LogP contribution in [-0.2, 0) is 7.05 Å². The predicted molar refractivity (Wildman–Crippen MR) is 64.7 cm³/mol. The summed E-state index contributed by atoms with van der Waals surface area (Å²) in [6, 6.07) is 7.20. The zero-order chi connectivity index (χ0) is 12.4. The van der Waals surface area contributed by atoms with Crippen molar-refractivity contribution in [2.75, 3.05) is 12.8 Å². The average Bonchev–Trinajstić information content (AvgIpc) is 2.69. The van der Waals surface area contributed by atoms with Gasteiger partial charge in [-0.2, -0.15) is 5.10 Å². The lowest BCUT2D eigenvalue weighted by atomic mass is 10.0. The second-order valence-corrected chi connectivity index (χ2v) is 3.78. The number of aliphatic hydroxyl groups is 1. The minimum absolute atomic E-state index is 0.466. The fourth-order valence-corrected chi connectivity index (χ4v) is 1.64. The maximum absolute atomic E-state index is 10.2. The fourth-order valence-electron chi connectivity index (χ4n) is 1.64. The average molecular weight is 233 g/mol. The van der Waals surface area contributed by atoms with Gasteiger partial charge in [-0.15, -0.1) is 0 Å². The van der Waals surface area contributed by atoms with Crippen LogP contribution in [0.2, 0.25) is 0 Å². The first-order valence-corrected chi connectivity index (χ1v) is 5.23. The zero-order valence-electron chi connectivity index (χ0n) is 9.79. The maximum Gasteiger partial charge on any atom is 0.127 e. The van der Waals surface area contributed by atoms with Gasteiger partial charge in [0.25, 0.3) is 0 Å². The Labute approximate surface area is 99.4 Å². The van der Waals surface area contributed by atoms with Crippen LogP contribution < -0.4 is 10.5 Å². The number of aryl methyl sites for hydroxylation is 1. The van der Waals surface area contributed by atoms with Crippen LogP contribution in [0.4, 0.5) is 5.82 Å². The highest BCUT2D eigenvalue weighted by Crippen LogP contribution is 2.27. The molecular weight excluding hydrogens is 218 g/mol. The van der Waals surface area contributed by atoms with E-state index in [2.05, 4.69) is 5.10 Å². The molecule has 2 aromatic rings. The molecule has 0 aliphatic heterocycles. The molecule has 1 unspecified atom stereocenters. The first kappa shape index (κ1) is 11.5. The number of rotatable bonds is 3. The highest BCUT2D eigenvalue weighted by Gasteiger charge is 2.16. The quantitative estimate of drug-likeness (QED) is 0.832. The Hall–Kier alpha value is -2.01. The van der Waals surface area contributed by atoms with E-state index in [1.54, 1.807) is 44.6 Å². The maximum atomic E-state index is 10.2. The largest absolute Gasteiger partial charge is 0.497 e. The van der Waals surface area contributed by atoms with Crippen molar-refractivity contribution in [2.24, 2.45) is 7.05 Å². The molecule has 5 heteroatoms. The van der Waals surface area contributed by atoms with Crippen LogP contribution in [0.1, 0.15) is 17.2 Å². The third kappa shape index (κ3) is 2.09. The molecule has 3 N–H and O–H groups in total. The molecule has 0 bridgehead atoms. The Morgan fingerprint density at radius 3 is 2.47 bits per heavy atom. The minimum Gasteiger partial charge on any atom is -0.497 e. The number of nitrogens with zero attached hydrogens (tertiary/aromatic N) is 2. The van der Waals surface area contributed by atoms with Crippen LogP contribution in [0, 0.1) is 0 Å². The lowest BCUT2D eigenvalue weighted by Gasteiger charge is -2.11. The van der Waals surface area contributed by atoms with E-state index in [9.17, 15) is 5.11 Å². The van der Waals surface area contributed by atoms with Gasteiger partial charge in [0.05, 0.1) is 13.3 Å². The summed E-state index contributed by atoms with van der Waals surface area (Å²) < 4.78 is 6.59. The van der Waals surface area contributed by atoms with Crippen LogP contribution in [0.5, 0.6) is 5.75 Å². The number of nitrogens with two attached hydrogens (primary N) is 1. The Balaban J connectivity index is 2.30. The van der Waals surface area contributed by atoms with E-state index >= 15 is 0 Å². The number of aliphatic hydroxyl groups excluding tert-OH is 1. The normalized spacial score (nSPS) is 12.4. The van der Waals surface area contributed by atoms with Crippen molar-refractivity contribution >= 4 is 5.82 Å². The molecule has 90 valence electrons. The second kappa shape index (κ2) is 4.47. The van der Waals surface area contributed by atoms with Gasteiger partial charge in [0, 0.05) is 12.6 Å². The SMILES string of the molecule is COc1ccc(C(O)c2cnn(C)c2N)cc1. The number of aromatic nitrogens is 2. The topological polar surface area (TPSA) is 73.3 Å². The summed E-state index contributed by atoms with van der Waals surface area (Å²) in [5, 5.41) is 14.2. The van der Waals surface area contributed by atoms with Gasteiger partial charge in [-0.3, -0.25) is 4.68 Å². The smallest absolute Gasteiger partial charge is 0.127 e. The number of ether oxygens (including phenoxy) is 1. The van der Waals surface area contributed by atoms with E-state index < -0.39 is 6.10 Å². The Bertz CT molecular complexity index is 505. The molecule has 0 radical (unpaired) electrons. The van der Waals surface area contributed by atoms with Crippen molar-refractivity contribution in [1.29, 1.82) is 0 Å². The number of anilines is 1. The number of hydrogen-bond acceptors (Lipinski definition) is 4. The zero-order valence-corrected chi connectivity index (χ0v) is 9.79. The Morgan fingerprint density at radius 2 is 2.00 bits per heavy atom. The molecule has 0 saturated heterocycles. The Kier molecular flexibility index (Phi) is 3.01. The number of hydrogen-bond donors (Lipinski definition) is 2. The van der Waals surface area contributed by atoms with Crippen molar-refractivity contribution in [1.82, 2.24) is 9.78 Å². The van der Waals surface area contributed by atoms with Gasteiger partial charge in [-0.25, -0.2) is 0 Å². The molecule has 1 atom stereocenters. The lowest BCUT2D eigenvalue weighted by molar-refractivity contribution is 0.221. The summed E-state index contributed by atoms with van der Waals surface area (Å²) in [6.45, 7) is 0. The van der Waals surface area contributed by atoms with E-state index in [0.717, 1.165) is 11.3 Å². The van der Waals surface area contributed by atoms with Crippen LogP contribution >= 0.6 is 0 Å². The Morgan fingerprint density at radius 1 is 1.35 bits per heavy atom. The van der Waals surface area contributed by atoms with Crippen LogP contribution in [0.3, 0.4) is 0 Å². The molecule has 1 aromatic heterocycles. The fraction of sp³-hybridized carbons (Fsp3) is 0.250. The summed E-state index contributed by atoms with van der Waals surface area (Å²) in [6.07, 6.45) is 0.805. The summed E-state index contributed by atoms with van der Waals surface area (Å²) in [5.41, 5.74) is 7.18. The highest BCUT2D eigenvalue weighted by atomic mass is 16.5. The molecular formula is C12H15N3O2. The molecule has 0 saturated carbocycles. The number of nitrogen functional groups attached to an aromatic ring is 1. The summed E-state index contributed by atoms with van der Waals surface area (Å²) in [7, 11) is 3.34. The minimum atomic E-state index is -0.769. The van der Waals surface area contributed by atoms with Gasteiger partial charge in [-0.05, 0) is 17.7 Å². The van der Waals surface area contributed by atoms with E-state index in [1.807, 2.05) is 0 Å². The van der Waals surface area contributed by atoms with Gasteiger partial charge in [0.2, 0.25) is 0 Å². The van der Waals surface area contributed by atoms with E-state index in [1.165, 1.54) is 4.68 Å². The van der Waals surface area contributed by atoms with Gasteiger partial charge >= 0.3 is 0 Å². The van der Waals surface area contributed by atoms with Crippen molar-refractivity contribution < 1.29 is 9.84 Å². The molecule has 17 heavy (non-hydrogen) atoms. The van der Waals surface area contributed by atoms with Gasteiger partial charge in [0.15, 0.2) is 0 Å². The van der Waals surface area contributed by atoms with Crippen LogP contribution in [0.25, 0.3) is 0 Å². The number of benzene rings is 1. The highest BCUT2D eigenvalue weighted by molar-refractivity contribution is 5.44. The lowest BCUT2D eigenvalue weighted by Crippen LogP contribution is -2.04. The standard InChI is InChI=1S/C12H15N3O2/c1-15-12(13)10(7-14-15)11(16)8-3-5-9(17-2)6-4-8/h3-7,11,16H,13H2,1-2H3. The number of methoxy groups -OCH3 is 1. The first-order chi connectivity index (χ1) is 8.13. The third-order valence-electron chi connectivity index (χ3n) is 2.74.